The van der Waals surface area contributed by atoms with Crippen LogP contribution in [0.25, 0.3) is 0 Å². The molecule has 1 aliphatic rings. The van der Waals surface area contributed by atoms with E-state index in [4.69, 9.17) is 15.0 Å². The molecule has 1 heterocycles. The Labute approximate surface area is 121 Å². The maximum Gasteiger partial charge on any atom is 0.231 e. The van der Waals surface area contributed by atoms with Crippen LogP contribution in [0.5, 0.6) is 0 Å². The summed E-state index contributed by atoms with van der Waals surface area (Å²) >= 11 is 0. The van der Waals surface area contributed by atoms with Gasteiger partial charge in [-0.2, -0.15) is 4.98 Å². The van der Waals surface area contributed by atoms with Gasteiger partial charge in [0.2, 0.25) is 11.7 Å². The van der Waals surface area contributed by atoms with E-state index in [1.807, 2.05) is 6.92 Å². The first-order chi connectivity index (χ1) is 9.63. The monoisotopic (exact) mass is 281 g/mol. The lowest BCUT2D eigenvalue weighted by Crippen LogP contribution is -2.33. The SMILES string of the molecule is CCOC1(c2noc(C(CN)C(C)C)n2)CCCCC1. The highest BCUT2D eigenvalue weighted by molar-refractivity contribution is 5.06. The van der Waals surface area contributed by atoms with E-state index in [0.717, 1.165) is 25.7 Å². The Kier molecular flexibility index (Phi) is 5.16. The average Bonchev–Trinajstić information content (AvgIpc) is 2.90. The Balaban J connectivity index is 2.24. The van der Waals surface area contributed by atoms with E-state index in [2.05, 4.69) is 24.0 Å². The molecule has 1 aromatic rings. The number of nitrogens with zero attached hydrogens (tertiary/aromatic N) is 2. The molecular weight excluding hydrogens is 254 g/mol. The lowest BCUT2D eigenvalue weighted by Gasteiger charge is -2.33. The van der Waals surface area contributed by atoms with Crippen LogP contribution in [-0.4, -0.2) is 23.3 Å². The molecule has 1 saturated carbocycles. The smallest absolute Gasteiger partial charge is 0.231 e. The van der Waals surface area contributed by atoms with E-state index in [0.29, 0.717) is 30.8 Å². The third-order valence-electron chi connectivity index (χ3n) is 4.31. The number of nitrogens with two attached hydrogens (primary N) is 1. The van der Waals surface area contributed by atoms with E-state index in [9.17, 15) is 0 Å². The van der Waals surface area contributed by atoms with Gasteiger partial charge in [-0.1, -0.05) is 38.3 Å². The van der Waals surface area contributed by atoms with Crippen molar-refractivity contribution in [2.45, 2.75) is 64.4 Å². The average molecular weight is 281 g/mol. The molecule has 0 spiro atoms. The summed E-state index contributed by atoms with van der Waals surface area (Å²) < 4.78 is 11.5. The van der Waals surface area contributed by atoms with Crippen LogP contribution >= 0.6 is 0 Å². The van der Waals surface area contributed by atoms with Crippen LogP contribution in [-0.2, 0) is 10.3 Å². The summed E-state index contributed by atoms with van der Waals surface area (Å²) in [7, 11) is 0. The second-order valence-corrected chi connectivity index (χ2v) is 6.03. The van der Waals surface area contributed by atoms with E-state index in [1.165, 1.54) is 6.42 Å². The predicted octanol–water partition coefficient (Wildman–Crippen LogP) is 2.96. The van der Waals surface area contributed by atoms with Gasteiger partial charge in [-0.3, -0.25) is 0 Å². The van der Waals surface area contributed by atoms with Gasteiger partial charge >= 0.3 is 0 Å². The fraction of sp³-hybridized carbons (Fsp3) is 0.867. The fourth-order valence-corrected chi connectivity index (χ4v) is 3.06. The van der Waals surface area contributed by atoms with E-state index in [-0.39, 0.29) is 11.5 Å². The largest absolute Gasteiger partial charge is 0.367 e. The van der Waals surface area contributed by atoms with Crippen LogP contribution < -0.4 is 5.73 Å². The van der Waals surface area contributed by atoms with Crippen molar-refractivity contribution in [1.29, 1.82) is 0 Å². The second-order valence-electron chi connectivity index (χ2n) is 6.03. The molecule has 0 aromatic carbocycles. The van der Waals surface area contributed by atoms with Gasteiger partial charge in [-0.25, -0.2) is 0 Å². The zero-order chi connectivity index (χ0) is 14.6. The molecule has 2 rings (SSSR count). The minimum atomic E-state index is -0.342. The summed E-state index contributed by atoms with van der Waals surface area (Å²) in [6, 6.07) is 0. The molecule has 0 bridgehead atoms. The van der Waals surface area contributed by atoms with Crippen LogP contribution in [0.15, 0.2) is 4.52 Å². The molecule has 1 unspecified atom stereocenters. The summed E-state index contributed by atoms with van der Waals surface area (Å²) in [5.74, 6) is 1.89. The number of ether oxygens (including phenoxy) is 1. The minimum Gasteiger partial charge on any atom is -0.367 e. The standard InChI is InChI=1S/C15H27N3O2/c1-4-19-15(8-6-5-7-9-15)14-17-13(20-18-14)12(10-16)11(2)3/h11-12H,4-10,16H2,1-3H3. The Hall–Kier alpha value is -0.940. The molecule has 1 aliphatic carbocycles. The van der Waals surface area contributed by atoms with Gasteiger partial charge in [-0.05, 0) is 25.7 Å². The first-order valence-electron chi connectivity index (χ1n) is 7.81. The van der Waals surface area contributed by atoms with Gasteiger partial charge in [0.25, 0.3) is 0 Å². The zero-order valence-electron chi connectivity index (χ0n) is 12.9. The van der Waals surface area contributed by atoms with Crippen LogP contribution in [0.2, 0.25) is 0 Å². The van der Waals surface area contributed by atoms with Crippen molar-refractivity contribution >= 4 is 0 Å². The quantitative estimate of drug-likeness (QED) is 0.867. The molecule has 0 aliphatic heterocycles. The fourth-order valence-electron chi connectivity index (χ4n) is 3.06. The normalized spacial score (nSPS) is 20.2. The Morgan fingerprint density at radius 3 is 2.55 bits per heavy atom. The van der Waals surface area contributed by atoms with Gasteiger partial charge < -0.3 is 15.0 Å². The predicted molar refractivity (Wildman–Crippen MR) is 77.3 cm³/mol. The van der Waals surface area contributed by atoms with Crippen molar-refractivity contribution in [3.63, 3.8) is 0 Å². The number of aromatic nitrogens is 2. The maximum atomic E-state index is 6.03. The molecule has 1 aromatic heterocycles. The Bertz CT molecular complexity index is 405. The van der Waals surface area contributed by atoms with Gasteiger partial charge in [-0.15, -0.1) is 0 Å². The van der Waals surface area contributed by atoms with E-state index in [1.54, 1.807) is 0 Å². The molecule has 0 radical (unpaired) electrons. The molecule has 20 heavy (non-hydrogen) atoms. The first-order valence-corrected chi connectivity index (χ1v) is 7.81. The van der Waals surface area contributed by atoms with Crippen molar-refractivity contribution in [2.75, 3.05) is 13.2 Å². The Morgan fingerprint density at radius 1 is 1.30 bits per heavy atom. The zero-order valence-corrected chi connectivity index (χ0v) is 12.9. The van der Waals surface area contributed by atoms with E-state index >= 15 is 0 Å². The summed E-state index contributed by atoms with van der Waals surface area (Å²) in [6.45, 7) is 7.48. The second kappa shape index (κ2) is 6.68. The van der Waals surface area contributed by atoms with Crippen molar-refractivity contribution in [2.24, 2.45) is 11.7 Å². The van der Waals surface area contributed by atoms with Gasteiger partial charge in [0.1, 0.15) is 5.60 Å². The molecule has 5 heteroatoms. The summed E-state index contributed by atoms with van der Waals surface area (Å²) in [4.78, 5) is 4.63. The van der Waals surface area contributed by atoms with Crippen LogP contribution in [0.4, 0.5) is 0 Å². The van der Waals surface area contributed by atoms with Gasteiger partial charge in [0, 0.05) is 13.2 Å². The third-order valence-corrected chi connectivity index (χ3v) is 4.31. The first kappa shape index (κ1) is 15.4. The van der Waals surface area contributed by atoms with Crippen molar-refractivity contribution < 1.29 is 9.26 Å². The van der Waals surface area contributed by atoms with Crippen molar-refractivity contribution in [3.8, 4) is 0 Å². The lowest BCUT2D eigenvalue weighted by molar-refractivity contribution is -0.0777. The topological polar surface area (TPSA) is 74.2 Å². The molecule has 5 nitrogen and oxygen atoms in total. The highest BCUT2D eigenvalue weighted by Gasteiger charge is 2.39. The third kappa shape index (κ3) is 3.04. The highest BCUT2D eigenvalue weighted by Crippen LogP contribution is 2.39. The maximum absolute atomic E-state index is 6.03. The molecule has 0 saturated heterocycles. The highest BCUT2D eigenvalue weighted by atomic mass is 16.5. The summed E-state index contributed by atoms with van der Waals surface area (Å²) in [6.07, 6.45) is 5.54. The minimum absolute atomic E-state index is 0.124. The molecule has 0 amide bonds. The summed E-state index contributed by atoms with van der Waals surface area (Å²) in [5.41, 5.74) is 5.48. The van der Waals surface area contributed by atoms with Crippen LogP contribution in [0.3, 0.4) is 0 Å². The van der Waals surface area contributed by atoms with Crippen molar-refractivity contribution in [3.05, 3.63) is 11.7 Å². The van der Waals surface area contributed by atoms with Crippen LogP contribution in [0, 0.1) is 5.92 Å². The number of hydrogen-bond acceptors (Lipinski definition) is 5. The molecular formula is C15H27N3O2. The number of rotatable bonds is 6. The Morgan fingerprint density at radius 2 is 2.00 bits per heavy atom. The molecule has 1 atom stereocenters. The molecule has 2 N–H and O–H groups in total. The van der Waals surface area contributed by atoms with Gasteiger partial charge in [0.15, 0.2) is 0 Å². The lowest BCUT2D eigenvalue weighted by atomic mass is 9.84. The van der Waals surface area contributed by atoms with Crippen LogP contribution in [0.1, 0.15) is 70.5 Å². The van der Waals surface area contributed by atoms with E-state index < -0.39 is 0 Å². The number of hydrogen-bond donors (Lipinski definition) is 1. The van der Waals surface area contributed by atoms with Gasteiger partial charge in [0.05, 0.1) is 5.92 Å². The molecule has 1 fully saturated rings. The molecule has 114 valence electrons. The van der Waals surface area contributed by atoms with Crippen molar-refractivity contribution in [1.82, 2.24) is 10.1 Å². The summed E-state index contributed by atoms with van der Waals surface area (Å²) in [5, 5.41) is 4.22.